The number of fused-ring (bicyclic) bond motifs is 2. The maximum Gasteiger partial charge on any atom is 0.310 e. The molecule has 2 aromatic carbocycles. The van der Waals surface area contributed by atoms with Gasteiger partial charge in [-0.3, -0.25) is 19.2 Å². The Morgan fingerprint density at radius 1 is 0.844 bits per heavy atom. The molecule has 4 atom stereocenters. The molecule has 0 radical (unpaired) electrons. The van der Waals surface area contributed by atoms with Crippen LogP contribution in [0.1, 0.15) is 36.5 Å². The molecule has 2 aromatic rings. The van der Waals surface area contributed by atoms with E-state index in [4.69, 9.17) is 4.74 Å². The van der Waals surface area contributed by atoms with Crippen LogP contribution in [0.4, 0.5) is 11.4 Å². The predicted octanol–water partition coefficient (Wildman–Crippen LogP) is 3.67. The number of hydrogen-bond donors (Lipinski definition) is 2. The maximum absolute atomic E-state index is 13.1. The van der Waals surface area contributed by atoms with Crippen molar-refractivity contribution >= 4 is 34.9 Å². The molecule has 32 heavy (non-hydrogen) atoms. The lowest BCUT2D eigenvalue weighted by molar-refractivity contribution is -0.154. The van der Waals surface area contributed by atoms with Crippen LogP contribution in [0.25, 0.3) is 0 Å². The Morgan fingerprint density at radius 3 is 2.06 bits per heavy atom. The van der Waals surface area contributed by atoms with Gasteiger partial charge in [0, 0.05) is 29.8 Å². The SMILES string of the molecule is CC(=O)Nc1ccc(NC(=O)COC(=O)[C@@H]2[C@H]3CC[C@@H](C3)[C@@H]2C(=O)c2ccccc2)cc1. The number of amides is 2. The molecule has 2 bridgehead atoms. The van der Waals surface area contributed by atoms with Crippen molar-refractivity contribution in [3.8, 4) is 0 Å². The average molecular weight is 434 g/mol. The fourth-order valence-electron chi connectivity index (χ4n) is 5.07. The largest absolute Gasteiger partial charge is 0.455 e. The summed E-state index contributed by atoms with van der Waals surface area (Å²) in [5, 5.41) is 5.31. The minimum atomic E-state index is -0.494. The highest BCUT2D eigenvalue weighted by atomic mass is 16.5. The number of ether oxygens (including phenoxy) is 1. The van der Waals surface area contributed by atoms with Crippen molar-refractivity contribution in [1.29, 1.82) is 0 Å². The first-order valence-corrected chi connectivity index (χ1v) is 10.9. The van der Waals surface area contributed by atoms with Crippen molar-refractivity contribution in [2.45, 2.75) is 26.2 Å². The highest BCUT2D eigenvalue weighted by molar-refractivity contribution is 6.01. The molecule has 166 valence electrons. The summed E-state index contributed by atoms with van der Waals surface area (Å²) < 4.78 is 5.35. The van der Waals surface area contributed by atoms with Gasteiger partial charge >= 0.3 is 5.97 Å². The predicted molar refractivity (Wildman–Crippen MR) is 119 cm³/mol. The van der Waals surface area contributed by atoms with Gasteiger partial charge in [0.05, 0.1) is 5.92 Å². The van der Waals surface area contributed by atoms with E-state index in [0.29, 0.717) is 16.9 Å². The van der Waals surface area contributed by atoms with Crippen molar-refractivity contribution in [3.05, 3.63) is 60.2 Å². The second-order valence-electron chi connectivity index (χ2n) is 8.53. The van der Waals surface area contributed by atoms with Gasteiger partial charge in [0.2, 0.25) is 5.91 Å². The molecule has 2 aliphatic carbocycles. The molecule has 7 heteroatoms. The second-order valence-corrected chi connectivity index (χ2v) is 8.53. The van der Waals surface area contributed by atoms with Crippen molar-refractivity contribution in [2.75, 3.05) is 17.2 Å². The summed E-state index contributed by atoms with van der Waals surface area (Å²) in [4.78, 5) is 49.3. The molecule has 0 saturated heterocycles. The number of hydrogen-bond acceptors (Lipinski definition) is 5. The molecule has 0 aromatic heterocycles. The van der Waals surface area contributed by atoms with Crippen molar-refractivity contribution < 1.29 is 23.9 Å². The molecule has 2 saturated carbocycles. The zero-order chi connectivity index (χ0) is 22.7. The summed E-state index contributed by atoms with van der Waals surface area (Å²) in [6.45, 7) is 1.00. The van der Waals surface area contributed by atoms with Gasteiger partial charge in [0.25, 0.3) is 5.91 Å². The first kappa shape index (κ1) is 21.7. The van der Waals surface area contributed by atoms with Gasteiger partial charge in [-0.05, 0) is 55.4 Å². The Kier molecular flexibility index (Phi) is 6.35. The van der Waals surface area contributed by atoms with E-state index in [1.54, 1.807) is 36.4 Å². The number of ketones is 1. The number of esters is 1. The van der Waals surface area contributed by atoms with Gasteiger partial charge in [-0.15, -0.1) is 0 Å². The van der Waals surface area contributed by atoms with Crippen LogP contribution in [-0.2, 0) is 19.1 Å². The molecule has 0 unspecified atom stereocenters. The Hall–Kier alpha value is -3.48. The van der Waals surface area contributed by atoms with E-state index in [1.165, 1.54) is 6.92 Å². The molecule has 4 rings (SSSR count). The summed E-state index contributed by atoms with van der Waals surface area (Å²) in [5.41, 5.74) is 1.76. The number of Topliss-reactive ketones (excluding diaryl/α,β-unsaturated/α-hetero) is 1. The zero-order valence-corrected chi connectivity index (χ0v) is 17.9. The van der Waals surface area contributed by atoms with Crippen molar-refractivity contribution in [2.24, 2.45) is 23.7 Å². The quantitative estimate of drug-likeness (QED) is 0.511. The molecule has 2 N–H and O–H groups in total. The first-order valence-electron chi connectivity index (χ1n) is 10.9. The van der Waals surface area contributed by atoms with Crippen molar-refractivity contribution in [3.63, 3.8) is 0 Å². The van der Waals surface area contributed by atoms with Gasteiger partial charge in [0.1, 0.15) is 0 Å². The summed E-state index contributed by atoms with van der Waals surface area (Å²) in [6, 6.07) is 15.7. The van der Waals surface area contributed by atoms with E-state index < -0.39 is 24.4 Å². The number of carbonyl (C=O) groups is 4. The summed E-state index contributed by atoms with van der Waals surface area (Å²) in [6.07, 6.45) is 2.72. The molecule has 0 aliphatic heterocycles. The third kappa shape index (κ3) is 4.72. The Labute approximate surface area is 186 Å². The fourth-order valence-corrected chi connectivity index (χ4v) is 5.07. The van der Waals surface area contributed by atoms with Gasteiger partial charge in [0.15, 0.2) is 12.4 Å². The molecular weight excluding hydrogens is 408 g/mol. The first-order chi connectivity index (χ1) is 15.4. The molecular formula is C25H26N2O5. The normalized spacial score (nSPS) is 23.4. The van der Waals surface area contributed by atoms with Gasteiger partial charge in [-0.1, -0.05) is 30.3 Å². The van der Waals surface area contributed by atoms with E-state index in [1.807, 2.05) is 18.2 Å². The molecule has 0 heterocycles. The van der Waals surface area contributed by atoms with Crippen LogP contribution in [-0.4, -0.2) is 30.2 Å². The Bertz CT molecular complexity index is 1020. The number of rotatable bonds is 7. The van der Waals surface area contributed by atoms with E-state index in [-0.39, 0.29) is 29.4 Å². The lowest BCUT2D eigenvalue weighted by Crippen LogP contribution is -2.37. The van der Waals surface area contributed by atoms with Crippen LogP contribution in [0.5, 0.6) is 0 Å². The lowest BCUT2D eigenvalue weighted by atomic mass is 9.75. The molecule has 2 amide bonds. The highest BCUT2D eigenvalue weighted by Gasteiger charge is 2.54. The average Bonchev–Trinajstić information content (AvgIpc) is 3.40. The molecule has 7 nitrogen and oxygen atoms in total. The van der Waals surface area contributed by atoms with E-state index in [9.17, 15) is 19.2 Å². The van der Waals surface area contributed by atoms with Crippen LogP contribution < -0.4 is 10.6 Å². The minimum absolute atomic E-state index is 0.0107. The monoisotopic (exact) mass is 434 g/mol. The van der Waals surface area contributed by atoms with Gasteiger partial charge < -0.3 is 15.4 Å². The number of carbonyl (C=O) groups excluding carboxylic acids is 4. The van der Waals surface area contributed by atoms with E-state index in [0.717, 1.165) is 19.3 Å². The second kappa shape index (κ2) is 9.34. The molecule has 2 aliphatic rings. The van der Waals surface area contributed by atoms with Gasteiger partial charge in [-0.2, -0.15) is 0 Å². The smallest absolute Gasteiger partial charge is 0.310 e. The molecule has 2 fully saturated rings. The van der Waals surface area contributed by atoms with E-state index in [2.05, 4.69) is 10.6 Å². The standard InChI is InChI=1S/C25H26N2O5/c1-15(28)26-19-9-11-20(12-10-19)27-21(29)14-32-25(31)23-18-8-7-17(13-18)22(23)24(30)16-5-3-2-4-6-16/h2-6,9-12,17-18,22-23H,7-8,13-14H2,1H3,(H,26,28)(H,27,29)/t17-,18-,22-,23+/m0/s1. The zero-order valence-electron chi connectivity index (χ0n) is 17.9. The fraction of sp³-hybridized carbons (Fsp3) is 0.360. The topological polar surface area (TPSA) is 102 Å². The third-order valence-electron chi connectivity index (χ3n) is 6.38. The van der Waals surface area contributed by atoms with E-state index >= 15 is 0 Å². The summed E-state index contributed by atoms with van der Waals surface area (Å²) in [7, 11) is 0. The number of nitrogens with one attached hydrogen (secondary N) is 2. The molecule has 0 spiro atoms. The summed E-state index contributed by atoms with van der Waals surface area (Å²) in [5.74, 6) is -1.67. The summed E-state index contributed by atoms with van der Waals surface area (Å²) >= 11 is 0. The Morgan fingerprint density at radius 2 is 1.44 bits per heavy atom. The van der Waals surface area contributed by atoms with Crippen LogP contribution in [0, 0.1) is 23.7 Å². The lowest BCUT2D eigenvalue weighted by Gasteiger charge is -2.28. The van der Waals surface area contributed by atoms with Crippen molar-refractivity contribution in [1.82, 2.24) is 0 Å². The Balaban J connectivity index is 1.35. The highest BCUT2D eigenvalue weighted by Crippen LogP contribution is 2.53. The van der Waals surface area contributed by atoms with Crippen LogP contribution in [0.3, 0.4) is 0 Å². The number of anilines is 2. The number of benzene rings is 2. The van der Waals surface area contributed by atoms with Crippen LogP contribution in [0.2, 0.25) is 0 Å². The third-order valence-corrected chi connectivity index (χ3v) is 6.38. The maximum atomic E-state index is 13.1. The van der Waals surface area contributed by atoms with Crippen LogP contribution >= 0.6 is 0 Å². The van der Waals surface area contributed by atoms with Crippen LogP contribution in [0.15, 0.2) is 54.6 Å². The minimum Gasteiger partial charge on any atom is -0.455 e. The van der Waals surface area contributed by atoms with Gasteiger partial charge in [-0.25, -0.2) is 0 Å².